The fraction of sp³-hybridized carbons (Fsp3) is 0.0833. The van der Waals surface area contributed by atoms with Crippen LogP contribution < -0.4 is 30.5 Å². The van der Waals surface area contributed by atoms with E-state index in [1.807, 2.05) is 10.7 Å². The van der Waals surface area contributed by atoms with Crippen LogP contribution in [-0.4, -0.2) is 30.9 Å². The molecule has 7 heteroatoms. The largest absolute Gasteiger partial charge is 0.316 e. The SMILES string of the molecule is C[Si-]1(C)c2ccccc2N(c2ccc(-c3nc(-c4ccccc4)n(-c4ccc(N5c6ccccc6[Si-](C)(C)c6ccccc65)cc4)n3)cc2)c2ccccc21. The molecule has 0 saturated heterocycles. The molecule has 0 amide bonds. The van der Waals surface area contributed by atoms with Gasteiger partial charge in [0, 0.05) is 45.3 Å². The first-order valence-electron chi connectivity index (χ1n) is 19.0. The van der Waals surface area contributed by atoms with Gasteiger partial charge in [0.05, 0.1) is 5.69 Å². The second kappa shape index (κ2) is 12.7. The highest BCUT2D eigenvalue weighted by Gasteiger charge is 2.31. The summed E-state index contributed by atoms with van der Waals surface area (Å²) in [5.41, 5.74) is 10.3. The minimum Gasteiger partial charge on any atom is -0.316 e. The molecule has 0 fully saturated rings. The molecule has 0 radical (unpaired) electrons. The summed E-state index contributed by atoms with van der Waals surface area (Å²) in [6.45, 7) is 9.83. The van der Waals surface area contributed by atoms with E-state index in [0.29, 0.717) is 5.82 Å². The van der Waals surface area contributed by atoms with Crippen LogP contribution in [0.1, 0.15) is 0 Å². The van der Waals surface area contributed by atoms with Crippen molar-refractivity contribution < 1.29 is 0 Å². The second-order valence-electron chi connectivity index (χ2n) is 15.6. The van der Waals surface area contributed by atoms with Gasteiger partial charge in [-0.1, -0.05) is 119 Å². The molecule has 0 aliphatic carbocycles. The molecule has 5 nitrogen and oxygen atoms in total. The van der Waals surface area contributed by atoms with Gasteiger partial charge in [-0.25, -0.2) is 9.67 Å². The van der Waals surface area contributed by atoms with Gasteiger partial charge in [-0.2, -0.15) is 46.9 Å². The Morgan fingerprint density at radius 3 is 1.16 bits per heavy atom. The van der Waals surface area contributed by atoms with Crippen LogP contribution in [0.3, 0.4) is 0 Å². The topological polar surface area (TPSA) is 37.2 Å². The van der Waals surface area contributed by atoms with Gasteiger partial charge in [-0.15, -0.1) is 5.10 Å². The fourth-order valence-corrected chi connectivity index (χ4v) is 14.8. The average molecular weight is 744 g/mol. The lowest BCUT2D eigenvalue weighted by atomic mass is 10.1. The predicted molar refractivity (Wildman–Crippen MR) is 235 cm³/mol. The van der Waals surface area contributed by atoms with Crippen molar-refractivity contribution in [2.45, 2.75) is 26.2 Å². The van der Waals surface area contributed by atoms with E-state index in [0.717, 1.165) is 34.0 Å². The number of rotatable bonds is 5. The van der Waals surface area contributed by atoms with E-state index in [-0.39, 0.29) is 0 Å². The van der Waals surface area contributed by atoms with Crippen molar-refractivity contribution in [2.24, 2.45) is 0 Å². The monoisotopic (exact) mass is 743 g/mol. The number of nitrogens with zero attached hydrogens (tertiary/aromatic N) is 5. The Balaban J connectivity index is 1.03. The highest BCUT2D eigenvalue weighted by Crippen LogP contribution is 2.40. The van der Waals surface area contributed by atoms with Gasteiger partial charge in [0.25, 0.3) is 0 Å². The first-order chi connectivity index (χ1) is 26.8. The van der Waals surface area contributed by atoms with Crippen LogP contribution in [0.2, 0.25) is 26.2 Å². The van der Waals surface area contributed by atoms with E-state index in [2.05, 4.69) is 206 Å². The van der Waals surface area contributed by atoms with Crippen molar-refractivity contribution in [3.05, 3.63) is 176 Å². The summed E-state index contributed by atoms with van der Waals surface area (Å²) in [5, 5.41) is 11.0. The summed E-state index contributed by atoms with van der Waals surface area (Å²) in [6.07, 6.45) is 0. The zero-order chi connectivity index (χ0) is 37.3. The maximum atomic E-state index is 5.19. The molecule has 0 saturated carbocycles. The molecule has 2 aliphatic heterocycles. The van der Waals surface area contributed by atoms with Crippen LogP contribution in [-0.2, 0) is 0 Å². The van der Waals surface area contributed by atoms with E-state index in [9.17, 15) is 0 Å². The summed E-state index contributed by atoms with van der Waals surface area (Å²) < 4.78 is 1.99. The van der Waals surface area contributed by atoms with Crippen molar-refractivity contribution in [2.75, 3.05) is 9.80 Å². The molecule has 3 heterocycles. The Bertz CT molecular complexity index is 2620. The molecular weight excluding hydrogens is 703 g/mol. The van der Waals surface area contributed by atoms with Crippen molar-refractivity contribution in [1.82, 2.24) is 14.8 Å². The van der Waals surface area contributed by atoms with E-state index in [4.69, 9.17) is 10.1 Å². The number of benzene rings is 7. The van der Waals surface area contributed by atoms with Gasteiger partial charge >= 0.3 is 0 Å². The molecule has 0 unspecified atom stereocenters. The highest BCUT2D eigenvalue weighted by molar-refractivity contribution is 7.03. The van der Waals surface area contributed by atoms with E-state index >= 15 is 0 Å². The number of para-hydroxylation sites is 4. The second-order valence-corrected chi connectivity index (χ2v) is 24.2. The number of anilines is 6. The Hall–Kier alpha value is -6.29. The molecule has 0 bridgehead atoms. The highest BCUT2D eigenvalue weighted by atomic mass is 28.3. The number of aromatic nitrogens is 3. The predicted octanol–water partition coefficient (Wildman–Crippen LogP) is 9.81. The smallest absolute Gasteiger partial charge is 0.182 e. The Morgan fingerprint density at radius 1 is 0.364 bits per heavy atom. The first-order valence-corrected chi connectivity index (χ1v) is 25.0. The molecule has 2 aliphatic rings. The van der Waals surface area contributed by atoms with Gasteiger partial charge in [0.1, 0.15) is 0 Å². The summed E-state index contributed by atoms with van der Waals surface area (Å²) in [7, 11) is -3.71. The van der Waals surface area contributed by atoms with Crippen LogP contribution in [0.5, 0.6) is 0 Å². The van der Waals surface area contributed by atoms with Crippen LogP contribution >= 0.6 is 0 Å². The third-order valence-corrected chi connectivity index (χ3v) is 18.7. The van der Waals surface area contributed by atoms with Crippen LogP contribution in [0.25, 0.3) is 28.5 Å². The first kappa shape index (κ1) is 33.3. The molecule has 0 N–H and O–H groups in total. The molecule has 268 valence electrons. The van der Waals surface area contributed by atoms with E-state index in [1.165, 1.54) is 43.5 Å². The van der Waals surface area contributed by atoms with Crippen LogP contribution in [0, 0.1) is 0 Å². The third-order valence-electron chi connectivity index (χ3n) is 11.6. The Labute approximate surface area is 324 Å². The lowest BCUT2D eigenvalue weighted by Crippen LogP contribution is -2.58. The van der Waals surface area contributed by atoms with Crippen LogP contribution in [0.15, 0.2) is 176 Å². The maximum absolute atomic E-state index is 5.19. The van der Waals surface area contributed by atoms with Gasteiger partial charge in [-0.3, -0.25) is 0 Å². The Kier molecular flexibility index (Phi) is 7.66. The molecule has 7 aromatic carbocycles. The molecule has 55 heavy (non-hydrogen) atoms. The van der Waals surface area contributed by atoms with Gasteiger partial charge in [0.2, 0.25) is 0 Å². The zero-order valence-corrected chi connectivity index (χ0v) is 33.5. The zero-order valence-electron chi connectivity index (χ0n) is 31.5. The van der Waals surface area contributed by atoms with Crippen molar-refractivity contribution in [3.63, 3.8) is 0 Å². The van der Waals surface area contributed by atoms with E-state index in [1.54, 1.807) is 0 Å². The van der Waals surface area contributed by atoms with E-state index < -0.39 is 16.1 Å². The van der Waals surface area contributed by atoms with Gasteiger partial charge in [0.15, 0.2) is 11.6 Å². The molecule has 8 aromatic rings. The summed E-state index contributed by atoms with van der Waals surface area (Å²) >= 11 is 0. The summed E-state index contributed by atoms with van der Waals surface area (Å²) in [5.74, 6) is 1.49. The minimum atomic E-state index is -1.86. The number of hydrogen-bond acceptors (Lipinski definition) is 4. The summed E-state index contributed by atoms with van der Waals surface area (Å²) in [4.78, 5) is 10.0. The molecule has 0 spiro atoms. The average Bonchev–Trinajstić information content (AvgIpc) is 3.68. The van der Waals surface area contributed by atoms with Crippen molar-refractivity contribution in [3.8, 4) is 28.5 Å². The third kappa shape index (κ3) is 5.26. The molecule has 0 atom stereocenters. The van der Waals surface area contributed by atoms with Crippen LogP contribution in [0.4, 0.5) is 34.1 Å². The van der Waals surface area contributed by atoms with Crippen molar-refractivity contribution >= 4 is 71.0 Å². The standard InChI is InChI=1S/C48H41N5Si2/c1-54(2)43-22-12-8-18-39(43)51(40-19-9-13-23-44(40)54)36-28-26-34(27-29-36)47-49-48(35-16-6-5-7-17-35)53(50-47)38-32-30-37(31-33-38)52-41-20-10-14-24-45(41)55(3,4)46-25-15-11-21-42(46)52/h5-33H,1-4H3/q-2. The van der Waals surface area contributed by atoms with Gasteiger partial charge in [-0.05, 0) is 72.8 Å². The number of fused-ring (bicyclic) bond motifs is 4. The Morgan fingerprint density at radius 2 is 0.727 bits per heavy atom. The lowest BCUT2D eigenvalue weighted by Gasteiger charge is -2.49. The fourth-order valence-electron chi connectivity index (χ4n) is 8.79. The minimum absolute atomic E-state index is 0.688. The van der Waals surface area contributed by atoms with Gasteiger partial charge < -0.3 is 9.80 Å². The molecular formula is C48H41N5Si2-2. The molecule has 10 rings (SSSR count). The number of hydrogen-bond donors (Lipinski definition) is 0. The quantitative estimate of drug-likeness (QED) is 0.165. The maximum Gasteiger partial charge on any atom is 0.182 e. The summed E-state index contributed by atoms with van der Waals surface area (Å²) in [6, 6.07) is 63.5. The normalized spacial score (nSPS) is 14.8. The lowest BCUT2D eigenvalue weighted by molar-refractivity contribution is 0.890. The van der Waals surface area contributed by atoms with Crippen molar-refractivity contribution in [1.29, 1.82) is 0 Å². The molecule has 1 aromatic heterocycles.